The molecule has 2 aromatic heterocycles. The Morgan fingerprint density at radius 3 is 2.38 bits per heavy atom. The van der Waals surface area contributed by atoms with Crippen molar-refractivity contribution in [3.8, 4) is 34.3 Å². The number of hydrogen-bond acceptors (Lipinski definition) is 9. The maximum Gasteiger partial charge on any atom is 0.318 e. The molecule has 0 atom stereocenters. The molecule has 0 aliphatic carbocycles. The number of methoxy groups -OCH3 is 2. The van der Waals surface area contributed by atoms with Gasteiger partial charge in [-0.25, -0.2) is 8.42 Å². The van der Waals surface area contributed by atoms with E-state index in [1.165, 1.54) is 18.7 Å². The third kappa shape index (κ3) is 5.52. The molecule has 0 saturated heterocycles. The molecular weight excluding hydrogens is 456 g/mol. The number of aromatic nitrogens is 3. The van der Waals surface area contributed by atoms with Crippen LogP contribution in [0.4, 0.5) is 5.82 Å². The second-order valence-corrected chi connectivity index (χ2v) is 9.49. The molecule has 10 heteroatoms. The molecule has 0 saturated carbocycles. The van der Waals surface area contributed by atoms with Crippen LogP contribution in [-0.4, -0.2) is 50.6 Å². The minimum absolute atomic E-state index is 0.111. The molecule has 34 heavy (non-hydrogen) atoms. The molecule has 176 valence electrons. The van der Waals surface area contributed by atoms with E-state index in [1.54, 1.807) is 7.11 Å². The number of sulfone groups is 1. The lowest BCUT2D eigenvalue weighted by molar-refractivity contribution is 0.381. The van der Waals surface area contributed by atoms with Gasteiger partial charge in [-0.3, -0.25) is 0 Å². The van der Waals surface area contributed by atoms with Crippen molar-refractivity contribution in [3.63, 3.8) is 0 Å². The average molecular weight is 481 g/mol. The summed E-state index contributed by atoms with van der Waals surface area (Å²) in [5, 5.41) is 6.85. The highest BCUT2D eigenvalue weighted by molar-refractivity contribution is 7.90. The van der Waals surface area contributed by atoms with Crippen LogP contribution in [0.2, 0.25) is 0 Å². The smallest absolute Gasteiger partial charge is 0.318 e. The predicted molar refractivity (Wildman–Crippen MR) is 128 cm³/mol. The van der Waals surface area contributed by atoms with Crippen LogP contribution in [0.1, 0.15) is 5.56 Å². The summed E-state index contributed by atoms with van der Waals surface area (Å²) in [4.78, 5) is 8.84. The maximum absolute atomic E-state index is 11.7. The van der Waals surface area contributed by atoms with Crippen LogP contribution in [0, 0.1) is 0 Å². The number of nitrogens with zero attached hydrogens (tertiary/aromatic N) is 3. The van der Waals surface area contributed by atoms with Gasteiger partial charge in [-0.2, -0.15) is 9.97 Å². The van der Waals surface area contributed by atoms with Crippen LogP contribution in [0.3, 0.4) is 0 Å². The average Bonchev–Trinajstić information content (AvgIpc) is 3.36. The first-order valence-corrected chi connectivity index (χ1v) is 12.3. The summed E-state index contributed by atoms with van der Waals surface area (Å²) in [5.74, 6) is 1.79. The summed E-state index contributed by atoms with van der Waals surface area (Å²) in [5.41, 5.74) is 3.27. The summed E-state index contributed by atoms with van der Waals surface area (Å²) in [6.45, 7) is 0.665. The number of hydrogen-bond donors (Lipinski definition) is 1. The Kier molecular flexibility index (Phi) is 6.78. The van der Waals surface area contributed by atoms with Crippen LogP contribution in [0.5, 0.6) is 11.8 Å². The van der Waals surface area contributed by atoms with E-state index in [4.69, 9.17) is 14.0 Å². The third-order valence-electron chi connectivity index (χ3n) is 5.08. The first kappa shape index (κ1) is 23.2. The van der Waals surface area contributed by atoms with Gasteiger partial charge in [0.05, 0.1) is 19.9 Å². The van der Waals surface area contributed by atoms with E-state index in [2.05, 4.69) is 20.4 Å². The van der Waals surface area contributed by atoms with Gasteiger partial charge >= 0.3 is 6.01 Å². The fraction of sp³-hybridized carbons (Fsp3) is 0.208. The van der Waals surface area contributed by atoms with Crippen molar-refractivity contribution in [2.75, 3.05) is 32.3 Å². The maximum atomic E-state index is 11.7. The Morgan fingerprint density at radius 1 is 0.941 bits per heavy atom. The van der Waals surface area contributed by atoms with Gasteiger partial charge in [0.25, 0.3) is 0 Å². The number of nitrogens with one attached hydrogen (secondary N) is 1. The lowest BCUT2D eigenvalue weighted by Crippen LogP contribution is -2.08. The Balaban J connectivity index is 1.54. The molecule has 1 N–H and O–H groups in total. The van der Waals surface area contributed by atoms with E-state index >= 15 is 0 Å². The molecule has 0 spiro atoms. The van der Waals surface area contributed by atoms with Crippen LogP contribution < -0.4 is 14.8 Å². The lowest BCUT2D eigenvalue weighted by atomic mass is 10.1. The molecule has 4 aromatic rings. The van der Waals surface area contributed by atoms with E-state index < -0.39 is 9.84 Å². The molecule has 4 rings (SSSR count). The fourth-order valence-electron chi connectivity index (χ4n) is 3.28. The Bertz CT molecular complexity index is 1380. The van der Waals surface area contributed by atoms with Gasteiger partial charge in [0.1, 0.15) is 11.6 Å². The Morgan fingerprint density at radius 2 is 1.71 bits per heavy atom. The van der Waals surface area contributed by atoms with Crippen molar-refractivity contribution in [1.82, 2.24) is 15.1 Å². The molecular formula is C24H24N4O5S. The molecule has 0 amide bonds. The zero-order valence-electron chi connectivity index (χ0n) is 19.0. The van der Waals surface area contributed by atoms with E-state index in [1.807, 2.05) is 54.6 Å². The molecule has 2 aromatic carbocycles. The highest BCUT2D eigenvalue weighted by Gasteiger charge is 2.16. The van der Waals surface area contributed by atoms with E-state index in [0.29, 0.717) is 29.4 Å². The van der Waals surface area contributed by atoms with Gasteiger partial charge in [0, 0.05) is 36.1 Å². The standard InChI is InChI=1S/C24H24N4O5S/c1-31-19-9-7-16(8-10-19)11-12-25-22-14-20(26-24(27-22)32-2)17-5-4-6-18(13-17)21-15-23(28-33-21)34(3,29)30/h4-10,13-15H,11-12H2,1-3H3,(H,25,26,27). The van der Waals surface area contributed by atoms with Crippen LogP contribution >= 0.6 is 0 Å². The van der Waals surface area contributed by atoms with Crippen molar-refractivity contribution in [1.29, 1.82) is 0 Å². The second kappa shape index (κ2) is 9.92. The van der Waals surface area contributed by atoms with Gasteiger partial charge in [-0.05, 0) is 30.2 Å². The molecule has 0 radical (unpaired) electrons. The molecule has 9 nitrogen and oxygen atoms in total. The SMILES string of the molecule is COc1ccc(CCNc2cc(-c3cccc(-c4cc(S(C)(=O)=O)no4)c3)nc(OC)n2)cc1. The number of rotatable bonds is 9. The predicted octanol–water partition coefficient (Wildman–Crippen LogP) is 3.87. The fourth-order valence-corrected chi connectivity index (χ4v) is 3.78. The summed E-state index contributed by atoms with van der Waals surface area (Å²) < 4.78 is 39.2. The van der Waals surface area contributed by atoms with Gasteiger partial charge < -0.3 is 19.3 Å². The van der Waals surface area contributed by atoms with E-state index in [9.17, 15) is 8.42 Å². The molecule has 0 aliphatic rings. The summed E-state index contributed by atoms with van der Waals surface area (Å²) in [6, 6.07) is 18.8. The zero-order valence-corrected chi connectivity index (χ0v) is 19.8. The zero-order chi connectivity index (χ0) is 24.1. The molecule has 0 bridgehead atoms. The first-order valence-electron chi connectivity index (χ1n) is 10.4. The van der Waals surface area contributed by atoms with Crippen molar-refractivity contribution >= 4 is 15.7 Å². The van der Waals surface area contributed by atoms with Crippen LogP contribution in [0.15, 0.2) is 70.2 Å². The molecule has 0 unspecified atom stereocenters. The number of ether oxygens (including phenoxy) is 2. The molecule has 0 aliphatic heterocycles. The highest BCUT2D eigenvalue weighted by Crippen LogP contribution is 2.28. The molecule has 2 heterocycles. The van der Waals surface area contributed by atoms with Gasteiger partial charge in [0.2, 0.25) is 0 Å². The summed E-state index contributed by atoms with van der Waals surface area (Å²) >= 11 is 0. The third-order valence-corrected chi connectivity index (χ3v) is 6.03. The van der Waals surface area contributed by atoms with Crippen molar-refractivity contribution in [3.05, 3.63) is 66.2 Å². The first-order chi connectivity index (χ1) is 16.4. The Hall–Kier alpha value is -3.92. The lowest BCUT2D eigenvalue weighted by Gasteiger charge is -2.10. The monoisotopic (exact) mass is 480 g/mol. The number of anilines is 1. The van der Waals surface area contributed by atoms with Gasteiger partial charge in [-0.1, -0.05) is 35.5 Å². The van der Waals surface area contributed by atoms with Crippen LogP contribution in [-0.2, 0) is 16.3 Å². The van der Waals surface area contributed by atoms with Crippen LogP contribution in [0.25, 0.3) is 22.6 Å². The topological polar surface area (TPSA) is 116 Å². The highest BCUT2D eigenvalue weighted by atomic mass is 32.2. The minimum Gasteiger partial charge on any atom is -0.497 e. The van der Waals surface area contributed by atoms with Crippen molar-refractivity contribution < 1.29 is 22.4 Å². The second-order valence-electron chi connectivity index (χ2n) is 7.53. The van der Waals surface area contributed by atoms with Crippen molar-refractivity contribution in [2.45, 2.75) is 11.4 Å². The Labute approximate surface area is 197 Å². The molecule has 0 fully saturated rings. The van der Waals surface area contributed by atoms with Gasteiger partial charge in [-0.15, -0.1) is 0 Å². The number of benzene rings is 2. The van der Waals surface area contributed by atoms with Crippen molar-refractivity contribution in [2.24, 2.45) is 0 Å². The van der Waals surface area contributed by atoms with E-state index in [0.717, 1.165) is 24.0 Å². The largest absolute Gasteiger partial charge is 0.497 e. The van der Waals surface area contributed by atoms with E-state index in [-0.39, 0.29) is 11.0 Å². The quantitative estimate of drug-likeness (QED) is 0.381. The van der Waals surface area contributed by atoms with Gasteiger partial charge in [0.15, 0.2) is 20.6 Å². The summed E-state index contributed by atoms with van der Waals surface area (Å²) in [6.07, 6.45) is 1.89. The normalized spacial score (nSPS) is 11.3. The summed E-state index contributed by atoms with van der Waals surface area (Å²) in [7, 11) is -0.301. The minimum atomic E-state index is -3.46.